The molecule has 0 heterocycles. The first-order valence-electron chi connectivity index (χ1n) is 5.91. The molecule has 0 amide bonds. The van der Waals surface area contributed by atoms with Crippen LogP contribution in [0.15, 0.2) is 24.3 Å². The third kappa shape index (κ3) is 3.03. The van der Waals surface area contributed by atoms with E-state index in [1.54, 1.807) is 18.2 Å². The van der Waals surface area contributed by atoms with E-state index in [4.69, 9.17) is 5.11 Å². The van der Waals surface area contributed by atoms with E-state index in [0.29, 0.717) is 18.7 Å². The molecule has 1 atom stereocenters. The van der Waals surface area contributed by atoms with Crippen molar-refractivity contribution in [1.29, 1.82) is 0 Å². The number of hydrogen-bond acceptors (Lipinski definition) is 3. The Hall–Kier alpha value is -0.970. The second kappa shape index (κ2) is 5.12. The normalized spacial score (nSPS) is 19.0. The van der Waals surface area contributed by atoms with Crippen LogP contribution in [0.1, 0.15) is 24.5 Å². The van der Waals surface area contributed by atoms with Gasteiger partial charge in [0.2, 0.25) is 0 Å². The van der Waals surface area contributed by atoms with E-state index in [-0.39, 0.29) is 17.8 Å². The zero-order valence-corrected chi connectivity index (χ0v) is 9.69. The molecular weight excluding hydrogens is 221 g/mol. The van der Waals surface area contributed by atoms with E-state index in [1.807, 2.05) is 0 Å². The third-order valence-electron chi connectivity index (χ3n) is 3.39. The van der Waals surface area contributed by atoms with Crippen LogP contribution in [0.3, 0.4) is 0 Å². The van der Waals surface area contributed by atoms with E-state index in [9.17, 15) is 9.50 Å². The van der Waals surface area contributed by atoms with E-state index in [2.05, 4.69) is 5.32 Å². The van der Waals surface area contributed by atoms with Gasteiger partial charge in [-0.25, -0.2) is 4.39 Å². The minimum absolute atomic E-state index is 0.00888. The summed E-state index contributed by atoms with van der Waals surface area (Å²) < 4.78 is 13.4. The third-order valence-corrected chi connectivity index (χ3v) is 3.39. The number of aliphatic hydroxyl groups excluding tert-OH is 2. The molecule has 4 heteroatoms. The van der Waals surface area contributed by atoms with Crippen molar-refractivity contribution in [3.05, 3.63) is 35.6 Å². The molecule has 1 fully saturated rings. The number of benzene rings is 1. The van der Waals surface area contributed by atoms with Gasteiger partial charge >= 0.3 is 0 Å². The van der Waals surface area contributed by atoms with Gasteiger partial charge in [-0.2, -0.15) is 0 Å². The Morgan fingerprint density at radius 2 is 2.06 bits per heavy atom. The first-order chi connectivity index (χ1) is 8.17. The summed E-state index contributed by atoms with van der Waals surface area (Å²) in [5.74, 6) is -0.384. The fourth-order valence-corrected chi connectivity index (χ4v) is 1.90. The van der Waals surface area contributed by atoms with Gasteiger partial charge in [0.15, 0.2) is 0 Å². The Kier molecular flexibility index (Phi) is 3.76. The number of nitrogens with one attached hydrogen (secondary N) is 1. The lowest BCUT2D eigenvalue weighted by molar-refractivity contribution is 0.159. The van der Waals surface area contributed by atoms with Gasteiger partial charge in [0.05, 0.1) is 6.10 Å². The molecule has 0 radical (unpaired) electrons. The highest BCUT2D eigenvalue weighted by Crippen LogP contribution is 2.44. The van der Waals surface area contributed by atoms with Gasteiger partial charge in [-0.15, -0.1) is 0 Å². The van der Waals surface area contributed by atoms with Crippen molar-refractivity contribution in [3.63, 3.8) is 0 Å². The van der Waals surface area contributed by atoms with Gasteiger partial charge in [0.25, 0.3) is 0 Å². The van der Waals surface area contributed by atoms with Gasteiger partial charge in [-0.1, -0.05) is 18.2 Å². The van der Waals surface area contributed by atoms with Crippen molar-refractivity contribution in [3.8, 4) is 0 Å². The van der Waals surface area contributed by atoms with Gasteiger partial charge < -0.3 is 15.5 Å². The number of aliphatic hydroxyl groups is 2. The molecule has 2 rings (SSSR count). The molecule has 17 heavy (non-hydrogen) atoms. The topological polar surface area (TPSA) is 52.5 Å². The highest BCUT2D eigenvalue weighted by atomic mass is 19.1. The summed E-state index contributed by atoms with van der Waals surface area (Å²) in [6.45, 7) is 1.16. The van der Waals surface area contributed by atoms with Gasteiger partial charge in [-0.05, 0) is 18.9 Å². The summed E-state index contributed by atoms with van der Waals surface area (Å²) in [6.07, 6.45) is 1.20. The van der Waals surface area contributed by atoms with Crippen molar-refractivity contribution in [1.82, 2.24) is 5.32 Å². The molecule has 0 saturated heterocycles. The molecule has 1 aromatic rings. The summed E-state index contributed by atoms with van der Waals surface area (Å²) in [5.41, 5.74) is 0.323. The highest BCUT2D eigenvalue weighted by molar-refractivity contribution is 5.20. The SMILES string of the molecule is OCC1(CNCC(O)c2ccccc2F)CC1. The van der Waals surface area contributed by atoms with Crippen molar-refractivity contribution in [2.75, 3.05) is 19.7 Å². The average Bonchev–Trinajstić information content (AvgIpc) is 3.10. The number of rotatable bonds is 6. The molecule has 1 aliphatic carbocycles. The number of halogens is 1. The molecule has 0 spiro atoms. The zero-order valence-electron chi connectivity index (χ0n) is 9.69. The Balaban J connectivity index is 1.81. The van der Waals surface area contributed by atoms with Crippen LogP contribution in [-0.2, 0) is 0 Å². The Labute approximate surface area is 100 Å². The predicted octanol–water partition coefficient (Wildman–Crippen LogP) is 1.22. The van der Waals surface area contributed by atoms with E-state index < -0.39 is 6.10 Å². The minimum Gasteiger partial charge on any atom is -0.396 e. The highest BCUT2D eigenvalue weighted by Gasteiger charge is 2.41. The van der Waals surface area contributed by atoms with Crippen molar-refractivity contribution >= 4 is 0 Å². The van der Waals surface area contributed by atoms with E-state index in [1.165, 1.54) is 6.07 Å². The largest absolute Gasteiger partial charge is 0.396 e. The van der Waals surface area contributed by atoms with E-state index in [0.717, 1.165) is 12.8 Å². The summed E-state index contributed by atoms with van der Waals surface area (Å²) in [4.78, 5) is 0. The van der Waals surface area contributed by atoms with Crippen LogP contribution in [0.4, 0.5) is 4.39 Å². The Morgan fingerprint density at radius 1 is 1.35 bits per heavy atom. The first kappa shape index (κ1) is 12.5. The lowest BCUT2D eigenvalue weighted by atomic mass is 10.1. The summed E-state index contributed by atoms with van der Waals surface area (Å²) in [6, 6.07) is 6.23. The maximum Gasteiger partial charge on any atom is 0.129 e. The molecule has 3 nitrogen and oxygen atoms in total. The lowest BCUT2D eigenvalue weighted by Crippen LogP contribution is -2.30. The summed E-state index contributed by atoms with van der Waals surface area (Å²) >= 11 is 0. The van der Waals surface area contributed by atoms with Crippen molar-refractivity contribution in [2.45, 2.75) is 18.9 Å². The standard InChI is InChI=1S/C13H18FNO2/c14-11-4-2-1-3-10(11)12(17)7-15-8-13(9-16)5-6-13/h1-4,12,15-17H,5-9H2. The second-order valence-corrected chi connectivity index (χ2v) is 4.83. The summed E-state index contributed by atoms with van der Waals surface area (Å²) in [7, 11) is 0. The Bertz CT molecular complexity index is 379. The molecule has 1 saturated carbocycles. The Morgan fingerprint density at radius 3 is 2.65 bits per heavy atom. The van der Waals surface area contributed by atoms with Crippen LogP contribution in [0.2, 0.25) is 0 Å². The van der Waals surface area contributed by atoms with Gasteiger partial charge in [-0.3, -0.25) is 0 Å². The number of hydrogen-bond donors (Lipinski definition) is 3. The lowest BCUT2D eigenvalue weighted by Gasteiger charge is -2.16. The average molecular weight is 239 g/mol. The van der Waals surface area contributed by atoms with Gasteiger partial charge in [0.1, 0.15) is 5.82 Å². The van der Waals surface area contributed by atoms with Crippen LogP contribution in [0.5, 0.6) is 0 Å². The van der Waals surface area contributed by atoms with Crippen LogP contribution in [-0.4, -0.2) is 29.9 Å². The fraction of sp³-hybridized carbons (Fsp3) is 0.538. The summed E-state index contributed by atoms with van der Waals surface area (Å²) in [5, 5.41) is 22.0. The maximum absolute atomic E-state index is 13.4. The van der Waals surface area contributed by atoms with Gasteiger partial charge in [0, 0.05) is 30.7 Å². The molecule has 1 aliphatic rings. The molecule has 0 aliphatic heterocycles. The quantitative estimate of drug-likeness (QED) is 0.699. The second-order valence-electron chi connectivity index (χ2n) is 4.83. The molecular formula is C13H18FNO2. The van der Waals surface area contributed by atoms with E-state index >= 15 is 0 Å². The monoisotopic (exact) mass is 239 g/mol. The molecule has 1 aromatic carbocycles. The van der Waals surface area contributed by atoms with Crippen molar-refractivity contribution < 1.29 is 14.6 Å². The zero-order chi connectivity index (χ0) is 12.3. The minimum atomic E-state index is -0.842. The molecule has 1 unspecified atom stereocenters. The maximum atomic E-state index is 13.4. The fourth-order valence-electron chi connectivity index (χ4n) is 1.90. The smallest absolute Gasteiger partial charge is 0.129 e. The first-order valence-corrected chi connectivity index (χ1v) is 5.91. The van der Waals surface area contributed by atoms with Crippen LogP contribution >= 0.6 is 0 Å². The molecule has 3 N–H and O–H groups in total. The van der Waals surface area contributed by atoms with Crippen molar-refractivity contribution in [2.24, 2.45) is 5.41 Å². The molecule has 0 bridgehead atoms. The van der Waals surface area contributed by atoms with Crippen LogP contribution in [0.25, 0.3) is 0 Å². The van der Waals surface area contributed by atoms with Crippen LogP contribution in [0, 0.1) is 11.2 Å². The predicted molar refractivity (Wildman–Crippen MR) is 63.0 cm³/mol. The van der Waals surface area contributed by atoms with Crippen LogP contribution < -0.4 is 5.32 Å². The molecule has 0 aromatic heterocycles. The molecule has 94 valence electrons.